The van der Waals surface area contributed by atoms with E-state index in [1.807, 2.05) is 0 Å². The normalized spacial score (nSPS) is 14.4. The molecule has 0 saturated carbocycles. The quantitative estimate of drug-likeness (QED) is 0.823. The zero-order chi connectivity index (χ0) is 14.6. The highest BCUT2D eigenvalue weighted by molar-refractivity contribution is 9.10. The van der Waals surface area contributed by atoms with Crippen LogP contribution in [0.2, 0.25) is 0 Å². The Hall–Kier alpha value is -0.740. The molecule has 1 heterocycles. The highest BCUT2D eigenvalue weighted by Gasteiger charge is 2.16. The Bertz CT molecular complexity index is 455. The molecular weight excluding hydrogens is 318 g/mol. The van der Waals surface area contributed by atoms with Crippen LogP contribution in [0.3, 0.4) is 0 Å². The van der Waals surface area contributed by atoms with Crippen molar-refractivity contribution in [3.8, 4) is 11.5 Å². The van der Waals surface area contributed by atoms with Crippen LogP contribution in [0.5, 0.6) is 11.5 Å². The van der Waals surface area contributed by atoms with Crippen molar-refractivity contribution in [2.24, 2.45) is 0 Å². The summed E-state index contributed by atoms with van der Waals surface area (Å²) in [6, 6.07) is 4.25. The molecule has 0 amide bonds. The summed E-state index contributed by atoms with van der Waals surface area (Å²) in [4.78, 5) is 0. The lowest BCUT2D eigenvalue weighted by molar-refractivity contribution is 0.170. The summed E-state index contributed by atoms with van der Waals surface area (Å²) in [5.74, 6) is 1.71. The van der Waals surface area contributed by atoms with E-state index in [9.17, 15) is 0 Å². The maximum atomic E-state index is 5.65. The fourth-order valence-corrected chi connectivity index (χ4v) is 2.83. The first kappa shape index (κ1) is 15.6. The van der Waals surface area contributed by atoms with Crippen molar-refractivity contribution in [1.82, 2.24) is 5.32 Å². The number of ether oxygens (including phenoxy) is 2. The number of halogens is 1. The summed E-state index contributed by atoms with van der Waals surface area (Å²) < 4.78 is 12.3. The molecule has 0 saturated heterocycles. The van der Waals surface area contributed by atoms with Crippen LogP contribution in [0, 0.1) is 0 Å². The summed E-state index contributed by atoms with van der Waals surface area (Å²) in [5, 5.41) is 3.52. The maximum absolute atomic E-state index is 5.65. The van der Waals surface area contributed by atoms with Crippen molar-refractivity contribution in [2.75, 3.05) is 19.8 Å². The number of unbranched alkanes of at least 4 members (excludes halogenated alkanes) is 1. The largest absolute Gasteiger partial charge is 0.486 e. The fourth-order valence-electron chi connectivity index (χ4n) is 2.23. The second-order valence-electron chi connectivity index (χ2n) is 6.24. The Morgan fingerprint density at radius 3 is 2.65 bits per heavy atom. The molecule has 1 N–H and O–H groups in total. The number of rotatable bonds is 5. The average Bonchev–Trinajstić information content (AvgIpc) is 2.37. The van der Waals surface area contributed by atoms with Crippen LogP contribution in [-0.4, -0.2) is 25.3 Å². The van der Waals surface area contributed by atoms with E-state index in [-0.39, 0.29) is 5.54 Å². The minimum absolute atomic E-state index is 0.208. The second-order valence-corrected chi connectivity index (χ2v) is 7.09. The number of nitrogens with one attached hydrogen (secondary N) is 1. The molecule has 1 aromatic carbocycles. The van der Waals surface area contributed by atoms with E-state index < -0.39 is 0 Å². The Morgan fingerprint density at radius 2 is 1.90 bits per heavy atom. The lowest BCUT2D eigenvalue weighted by atomic mass is 10.1. The third-order valence-corrected chi connectivity index (χ3v) is 3.79. The van der Waals surface area contributed by atoms with Gasteiger partial charge in [0.05, 0.1) is 4.47 Å². The van der Waals surface area contributed by atoms with Gasteiger partial charge in [0.2, 0.25) is 0 Å². The van der Waals surface area contributed by atoms with Gasteiger partial charge in [-0.3, -0.25) is 0 Å². The predicted molar refractivity (Wildman–Crippen MR) is 85.8 cm³/mol. The van der Waals surface area contributed by atoms with Crippen molar-refractivity contribution in [3.05, 3.63) is 22.2 Å². The lowest BCUT2D eigenvalue weighted by Gasteiger charge is -2.21. The molecule has 0 aliphatic carbocycles. The Kier molecular flexibility index (Phi) is 5.33. The van der Waals surface area contributed by atoms with Crippen LogP contribution >= 0.6 is 15.9 Å². The monoisotopic (exact) mass is 341 g/mol. The molecule has 1 aliphatic rings. The molecule has 0 aromatic heterocycles. The first-order chi connectivity index (χ1) is 9.46. The zero-order valence-electron chi connectivity index (χ0n) is 12.6. The average molecular weight is 342 g/mol. The van der Waals surface area contributed by atoms with Gasteiger partial charge in [0.1, 0.15) is 13.2 Å². The van der Waals surface area contributed by atoms with E-state index >= 15 is 0 Å². The van der Waals surface area contributed by atoms with Gasteiger partial charge in [0.25, 0.3) is 0 Å². The smallest absolute Gasteiger partial charge is 0.175 e. The van der Waals surface area contributed by atoms with Gasteiger partial charge in [-0.1, -0.05) is 0 Å². The van der Waals surface area contributed by atoms with Gasteiger partial charge in [-0.25, -0.2) is 0 Å². The van der Waals surface area contributed by atoms with Gasteiger partial charge in [0, 0.05) is 5.54 Å². The molecule has 0 atom stereocenters. The van der Waals surface area contributed by atoms with E-state index in [1.165, 1.54) is 18.4 Å². The topological polar surface area (TPSA) is 30.5 Å². The van der Waals surface area contributed by atoms with Gasteiger partial charge in [-0.05, 0) is 80.2 Å². The van der Waals surface area contributed by atoms with E-state index in [4.69, 9.17) is 9.47 Å². The minimum atomic E-state index is 0.208. The van der Waals surface area contributed by atoms with Crippen LogP contribution in [0.25, 0.3) is 0 Å². The summed E-state index contributed by atoms with van der Waals surface area (Å²) in [6.45, 7) is 8.93. The minimum Gasteiger partial charge on any atom is -0.486 e. The van der Waals surface area contributed by atoms with Crippen LogP contribution in [0.15, 0.2) is 16.6 Å². The van der Waals surface area contributed by atoms with E-state index in [0.717, 1.165) is 28.9 Å². The first-order valence-electron chi connectivity index (χ1n) is 7.29. The van der Waals surface area contributed by atoms with Crippen LogP contribution in [0.4, 0.5) is 0 Å². The molecule has 0 fully saturated rings. The Morgan fingerprint density at radius 1 is 1.15 bits per heavy atom. The second kappa shape index (κ2) is 6.81. The summed E-state index contributed by atoms with van der Waals surface area (Å²) in [5.41, 5.74) is 1.51. The van der Waals surface area contributed by atoms with Crippen molar-refractivity contribution in [1.29, 1.82) is 0 Å². The van der Waals surface area contributed by atoms with E-state index in [1.54, 1.807) is 0 Å². The molecule has 20 heavy (non-hydrogen) atoms. The van der Waals surface area contributed by atoms with Crippen molar-refractivity contribution < 1.29 is 9.47 Å². The zero-order valence-corrected chi connectivity index (χ0v) is 14.2. The molecule has 1 aliphatic heterocycles. The lowest BCUT2D eigenvalue weighted by Crippen LogP contribution is -2.36. The van der Waals surface area contributed by atoms with Crippen molar-refractivity contribution in [3.63, 3.8) is 0 Å². The number of hydrogen-bond donors (Lipinski definition) is 1. The molecule has 0 spiro atoms. The SMILES string of the molecule is CC(C)(C)NCCCCc1cc(Br)c2c(c1)OCCO2. The predicted octanol–water partition coefficient (Wildman–Crippen LogP) is 3.93. The summed E-state index contributed by atoms with van der Waals surface area (Å²) in [7, 11) is 0. The van der Waals surface area contributed by atoms with Crippen molar-refractivity contribution in [2.45, 2.75) is 45.6 Å². The number of aryl methyl sites for hydroxylation is 1. The molecule has 2 rings (SSSR count). The van der Waals surface area contributed by atoms with Gasteiger partial charge >= 0.3 is 0 Å². The van der Waals surface area contributed by atoms with Crippen LogP contribution in [-0.2, 0) is 6.42 Å². The molecule has 0 radical (unpaired) electrons. The molecule has 112 valence electrons. The van der Waals surface area contributed by atoms with E-state index in [2.05, 4.69) is 54.2 Å². The summed E-state index contributed by atoms with van der Waals surface area (Å²) >= 11 is 3.56. The van der Waals surface area contributed by atoms with Crippen LogP contribution in [0.1, 0.15) is 39.2 Å². The molecule has 0 unspecified atom stereocenters. The molecule has 0 bridgehead atoms. The summed E-state index contributed by atoms with van der Waals surface area (Å²) in [6.07, 6.45) is 3.43. The fraction of sp³-hybridized carbons (Fsp3) is 0.625. The van der Waals surface area contributed by atoms with Gasteiger partial charge in [-0.2, -0.15) is 0 Å². The van der Waals surface area contributed by atoms with Gasteiger partial charge in [-0.15, -0.1) is 0 Å². The third-order valence-electron chi connectivity index (χ3n) is 3.20. The van der Waals surface area contributed by atoms with Crippen LogP contribution < -0.4 is 14.8 Å². The molecule has 1 aromatic rings. The van der Waals surface area contributed by atoms with Gasteiger partial charge in [0.15, 0.2) is 11.5 Å². The highest BCUT2D eigenvalue weighted by Crippen LogP contribution is 2.38. The van der Waals surface area contributed by atoms with Gasteiger partial charge < -0.3 is 14.8 Å². The van der Waals surface area contributed by atoms with E-state index in [0.29, 0.717) is 13.2 Å². The number of hydrogen-bond acceptors (Lipinski definition) is 3. The molecule has 4 heteroatoms. The third kappa shape index (κ3) is 4.67. The maximum Gasteiger partial charge on any atom is 0.175 e. The van der Waals surface area contributed by atoms with Crippen molar-refractivity contribution >= 4 is 15.9 Å². The number of benzene rings is 1. The first-order valence-corrected chi connectivity index (χ1v) is 8.08. The molecule has 3 nitrogen and oxygen atoms in total. The standard InChI is InChI=1S/C16H24BrNO2/c1-16(2,3)18-7-5-4-6-12-10-13(17)15-14(11-12)19-8-9-20-15/h10-11,18H,4-9H2,1-3H3. The Balaban J connectivity index is 1.83. The Labute approximate surface area is 130 Å². The highest BCUT2D eigenvalue weighted by atomic mass is 79.9. The number of fused-ring (bicyclic) bond motifs is 1. The molecular formula is C16H24BrNO2.